The van der Waals surface area contributed by atoms with Crippen LogP contribution in [0.25, 0.3) is 0 Å². The molecule has 0 aliphatic heterocycles. The summed E-state index contributed by atoms with van der Waals surface area (Å²) in [4.78, 5) is 0.125. The first kappa shape index (κ1) is 20.0. The highest BCUT2D eigenvalue weighted by Gasteiger charge is 2.28. The largest absolute Gasteiger partial charge is 0.497 e. The monoisotopic (exact) mass is 364 g/mol. The molecule has 0 bridgehead atoms. The number of methoxy groups -OCH3 is 2. The molecule has 0 heterocycles. The van der Waals surface area contributed by atoms with Gasteiger partial charge in [0.05, 0.1) is 19.1 Å². The summed E-state index contributed by atoms with van der Waals surface area (Å²) in [5.41, 5.74) is 5.77. The molecular weight excluding hydrogens is 340 g/mol. The minimum Gasteiger partial charge on any atom is -0.497 e. The Morgan fingerprint density at radius 2 is 1.70 bits per heavy atom. The van der Waals surface area contributed by atoms with Gasteiger partial charge >= 0.3 is 0 Å². The van der Waals surface area contributed by atoms with Gasteiger partial charge in [-0.05, 0) is 18.8 Å². The smallest absolute Gasteiger partial charge is 0.241 e. The van der Waals surface area contributed by atoms with Crippen LogP contribution in [0.3, 0.4) is 0 Å². The van der Waals surface area contributed by atoms with Gasteiger partial charge in [-0.1, -0.05) is 12.8 Å². The lowest BCUT2D eigenvalue weighted by atomic mass is 9.99. The second-order valence-electron chi connectivity index (χ2n) is 5.56. The maximum Gasteiger partial charge on any atom is 0.241 e. The number of rotatable bonds is 7. The van der Waals surface area contributed by atoms with E-state index in [1.807, 2.05) is 0 Å². The van der Waals surface area contributed by atoms with Crippen molar-refractivity contribution in [2.24, 2.45) is 11.7 Å². The normalized spacial score (nSPS) is 16.7. The van der Waals surface area contributed by atoms with Crippen LogP contribution < -0.4 is 19.9 Å². The average Bonchev–Trinajstić information content (AvgIpc) is 3.06. The number of nitrogens with one attached hydrogen (secondary N) is 1. The quantitative estimate of drug-likeness (QED) is 0.771. The molecule has 8 heteroatoms. The Morgan fingerprint density at radius 1 is 1.17 bits per heavy atom. The first-order chi connectivity index (χ1) is 10.5. The lowest BCUT2D eigenvalue weighted by molar-refractivity contribution is 0.390. The molecule has 132 valence electrons. The van der Waals surface area contributed by atoms with Crippen LogP contribution in [0.15, 0.2) is 23.1 Å². The van der Waals surface area contributed by atoms with E-state index < -0.39 is 10.0 Å². The van der Waals surface area contributed by atoms with Crippen LogP contribution in [0.1, 0.15) is 25.7 Å². The predicted molar refractivity (Wildman–Crippen MR) is 91.9 cm³/mol. The van der Waals surface area contributed by atoms with E-state index in [0.717, 1.165) is 25.7 Å². The molecule has 1 unspecified atom stereocenters. The van der Waals surface area contributed by atoms with Crippen molar-refractivity contribution in [1.29, 1.82) is 0 Å². The minimum atomic E-state index is -3.66. The summed E-state index contributed by atoms with van der Waals surface area (Å²) in [5.74, 6) is 1.18. The third kappa shape index (κ3) is 4.97. The molecule has 0 spiro atoms. The maximum absolute atomic E-state index is 12.6. The van der Waals surface area contributed by atoms with E-state index in [-0.39, 0.29) is 23.3 Å². The van der Waals surface area contributed by atoms with E-state index in [4.69, 9.17) is 15.2 Å². The number of hydrogen-bond donors (Lipinski definition) is 2. The molecule has 1 fully saturated rings. The standard InChI is InChI=1S/C15H24N2O4S.ClH/c1-20-12-7-13(21-2)9-14(8-12)22(18,19)17-15(10-16)11-5-3-4-6-11;/h7-9,11,15,17H,3-6,10,16H2,1-2H3;1H. The molecular formula is C15H25ClN2O4S. The van der Waals surface area contributed by atoms with E-state index in [2.05, 4.69) is 4.72 Å². The van der Waals surface area contributed by atoms with E-state index in [1.165, 1.54) is 26.4 Å². The number of hydrogen-bond acceptors (Lipinski definition) is 5. The fraction of sp³-hybridized carbons (Fsp3) is 0.600. The molecule has 1 aliphatic carbocycles. The van der Waals surface area contributed by atoms with Crippen molar-refractivity contribution in [3.63, 3.8) is 0 Å². The van der Waals surface area contributed by atoms with Gasteiger partial charge in [-0.25, -0.2) is 13.1 Å². The molecule has 1 saturated carbocycles. The molecule has 0 radical (unpaired) electrons. The summed E-state index contributed by atoms with van der Waals surface area (Å²) in [6.45, 7) is 0.297. The van der Waals surface area contributed by atoms with Crippen LogP contribution in [0.5, 0.6) is 11.5 Å². The molecule has 1 aromatic carbocycles. The van der Waals surface area contributed by atoms with Crippen LogP contribution in [0.2, 0.25) is 0 Å². The third-order valence-corrected chi connectivity index (χ3v) is 5.63. The summed E-state index contributed by atoms with van der Waals surface area (Å²) in [7, 11) is -0.692. The molecule has 3 N–H and O–H groups in total. The molecule has 0 saturated heterocycles. The third-order valence-electron chi connectivity index (χ3n) is 4.16. The molecule has 2 rings (SSSR count). The molecule has 1 atom stereocenters. The Labute approximate surface area is 144 Å². The Hall–Kier alpha value is -1.02. The summed E-state index contributed by atoms with van der Waals surface area (Å²) < 4.78 is 38.2. The zero-order chi connectivity index (χ0) is 16.2. The minimum absolute atomic E-state index is 0. The fourth-order valence-corrected chi connectivity index (χ4v) is 4.27. The maximum atomic E-state index is 12.6. The summed E-state index contributed by atoms with van der Waals surface area (Å²) in [5, 5.41) is 0. The van der Waals surface area contributed by atoms with Gasteiger partial charge < -0.3 is 15.2 Å². The van der Waals surface area contributed by atoms with Gasteiger partial charge in [0, 0.05) is 30.8 Å². The lowest BCUT2D eigenvalue weighted by Crippen LogP contribution is -2.44. The van der Waals surface area contributed by atoms with Crippen molar-refractivity contribution >= 4 is 22.4 Å². The van der Waals surface area contributed by atoms with Crippen LogP contribution in [0.4, 0.5) is 0 Å². The number of halogens is 1. The Morgan fingerprint density at radius 3 is 2.13 bits per heavy atom. The SMILES string of the molecule is COc1cc(OC)cc(S(=O)(=O)NC(CN)C2CCCC2)c1.Cl. The summed E-state index contributed by atoms with van der Waals surface area (Å²) in [6.07, 6.45) is 4.31. The first-order valence-electron chi connectivity index (χ1n) is 7.45. The second-order valence-corrected chi connectivity index (χ2v) is 7.27. The Kier molecular flexibility index (Phi) is 7.60. The van der Waals surface area contributed by atoms with E-state index in [1.54, 1.807) is 6.07 Å². The van der Waals surface area contributed by atoms with Crippen molar-refractivity contribution in [2.75, 3.05) is 20.8 Å². The van der Waals surface area contributed by atoms with E-state index >= 15 is 0 Å². The zero-order valence-corrected chi connectivity index (χ0v) is 15.1. The van der Waals surface area contributed by atoms with Crippen molar-refractivity contribution in [1.82, 2.24) is 4.72 Å². The Balaban J connectivity index is 0.00000264. The van der Waals surface area contributed by atoms with E-state index in [0.29, 0.717) is 24.0 Å². The van der Waals surface area contributed by atoms with E-state index in [9.17, 15) is 8.42 Å². The van der Waals surface area contributed by atoms with Gasteiger partial charge in [-0.15, -0.1) is 12.4 Å². The molecule has 0 aromatic heterocycles. The number of benzene rings is 1. The molecule has 1 aliphatic rings. The van der Waals surface area contributed by atoms with Crippen molar-refractivity contribution in [2.45, 2.75) is 36.6 Å². The van der Waals surface area contributed by atoms with Gasteiger partial charge in [-0.2, -0.15) is 0 Å². The summed E-state index contributed by atoms with van der Waals surface area (Å²) in [6, 6.07) is 4.36. The zero-order valence-electron chi connectivity index (χ0n) is 13.4. The van der Waals surface area contributed by atoms with Crippen LogP contribution in [0, 0.1) is 5.92 Å². The fourth-order valence-electron chi connectivity index (χ4n) is 2.90. The van der Waals surface area contributed by atoms with Gasteiger partial charge in [0.15, 0.2) is 0 Å². The van der Waals surface area contributed by atoms with Crippen molar-refractivity contribution in [3.8, 4) is 11.5 Å². The van der Waals surface area contributed by atoms with Crippen LogP contribution in [-0.2, 0) is 10.0 Å². The number of nitrogens with two attached hydrogens (primary N) is 1. The lowest BCUT2D eigenvalue weighted by Gasteiger charge is -2.23. The van der Waals surface area contributed by atoms with Gasteiger partial charge in [0.25, 0.3) is 0 Å². The van der Waals surface area contributed by atoms with Crippen molar-refractivity contribution < 1.29 is 17.9 Å². The van der Waals surface area contributed by atoms with Crippen molar-refractivity contribution in [3.05, 3.63) is 18.2 Å². The average molecular weight is 365 g/mol. The van der Waals surface area contributed by atoms with Gasteiger partial charge in [-0.3, -0.25) is 0 Å². The van der Waals surface area contributed by atoms with Crippen LogP contribution >= 0.6 is 12.4 Å². The molecule has 23 heavy (non-hydrogen) atoms. The first-order valence-corrected chi connectivity index (χ1v) is 8.94. The highest BCUT2D eigenvalue weighted by atomic mass is 35.5. The van der Waals surface area contributed by atoms with Gasteiger partial charge in [0.2, 0.25) is 10.0 Å². The number of ether oxygens (including phenoxy) is 2. The second kappa shape index (κ2) is 8.73. The predicted octanol–water partition coefficient (Wildman–Crippen LogP) is 1.92. The van der Waals surface area contributed by atoms with Gasteiger partial charge in [0.1, 0.15) is 11.5 Å². The number of sulfonamides is 1. The summed E-state index contributed by atoms with van der Waals surface area (Å²) >= 11 is 0. The molecule has 1 aromatic rings. The Bertz CT molecular complexity index is 581. The highest BCUT2D eigenvalue weighted by molar-refractivity contribution is 7.89. The molecule has 0 amide bonds. The highest BCUT2D eigenvalue weighted by Crippen LogP contribution is 2.29. The van der Waals surface area contributed by atoms with Crippen LogP contribution in [-0.4, -0.2) is 35.2 Å². The topological polar surface area (TPSA) is 90.6 Å². The molecule has 6 nitrogen and oxygen atoms in total.